The van der Waals surface area contributed by atoms with Crippen LogP contribution >= 0.6 is 11.3 Å². The van der Waals surface area contributed by atoms with Gasteiger partial charge in [-0.15, -0.1) is 21.5 Å². The van der Waals surface area contributed by atoms with Gasteiger partial charge in [-0.3, -0.25) is 4.79 Å². The number of alkyl carbamates (subject to hydrolysis) is 1. The van der Waals surface area contributed by atoms with Gasteiger partial charge in [0.1, 0.15) is 23.6 Å². The molecule has 4 aromatic rings. The van der Waals surface area contributed by atoms with Gasteiger partial charge in [0.25, 0.3) is 5.91 Å². The van der Waals surface area contributed by atoms with E-state index in [2.05, 4.69) is 20.8 Å². The van der Waals surface area contributed by atoms with Crippen LogP contribution in [0.15, 0.2) is 47.8 Å². The molecule has 0 unspecified atom stereocenters. The van der Waals surface area contributed by atoms with Gasteiger partial charge in [-0.25, -0.2) is 9.18 Å². The van der Waals surface area contributed by atoms with Crippen LogP contribution in [0.5, 0.6) is 5.75 Å². The molecular weight excluding hydrogens is 547 g/mol. The molecule has 2 amide bonds. The standard InChI is InChI=1S/C30H31FN4O5S/c1-30(2,3)40-29(37)33-12-13-38-14-15-39-26-21(5-4-6-23(26)31)25-27-22(10-16-41-27)24(34-35-25)19-7-8-20-18(17-19)9-11-32-28(20)36/h4-8,10,16-17H,9,11-15H2,1-3H3,(H,32,36)(H,33,37). The normalized spacial score (nSPS) is 13.0. The van der Waals surface area contributed by atoms with Gasteiger partial charge in [-0.1, -0.05) is 12.1 Å². The summed E-state index contributed by atoms with van der Waals surface area (Å²) in [5.74, 6) is -0.515. The Bertz CT molecular complexity index is 1580. The molecular formula is C30H31FN4O5S. The summed E-state index contributed by atoms with van der Waals surface area (Å²) in [4.78, 5) is 23.9. The van der Waals surface area contributed by atoms with Crippen molar-refractivity contribution in [3.63, 3.8) is 0 Å². The largest absolute Gasteiger partial charge is 0.487 e. The zero-order valence-electron chi connectivity index (χ0n) is 23.1. The second kappa shape index (κ2) is 12.2. The summed E-state index contributed by atoms with van der Waals surface area (Å²) in [6.07, 6.45) is 0.237. The number of carbonyl (C=O) groups is 2. The molecule has 41 heavy (non-hydrogen) atoms. The summed E-state index contributed by atoms with van der Waals surface area (Å²) in [6, 6.07) is 12.4. The molecule has 1 aliphatic heterocycles. The highest BCUT2D eigenvalue weighted by molar-refractivity contribution is 7.17. The molecule has 3 heterocycles. The number of halogens is 1. The van der Waals surface area contributed by atoms with E-state index in [0.29, 0.717) is 29.1 Å². The number of thiophene rings is 1. The molecule has 11 heteroatoms. The Morgan fingerprint density at radius 2 is 1.90 bits per heavy atom. The first-order chi connectivity index (χ1) is 19.7. The summed E-state index contributed by atoms with van der Waals surface area (Å²) in [5.41, 5.74) is 3.66. The molecule has 5 rings (SSSR count). The van der Waals surface area contributed by atoms with Crippen molar-refractivity contribution in [1.82, 2.24) is 20.8 Å². The van der Waals surface area contributed by atoms with E-state index in [4.69, 9.17) is 14.2 Å². The molecule has 0 bridgehead atoms. The molecule has 0 fully saturated rings. The third-order valence-electron chi connectivity index (χ3n) is 6.30. The lowest BCUT2D eigenvalue weighted by Crippen LogP contribution is -2.34. The van der Waals surface area contributed by atoms with Crippen molar-refractivity contribution in [2.24, 2.45) is 0 Å². The fraction of sp³-hybridized carbons (Fsp3) is 0.333. The maximum Gasteiger partial charge on any atom is 0.407 e. The average molecular weight is 579 g/mol. The first kappa shape index (κ1) is 28.4. The van der Waals surface area contributed by atoms with Crippen LogP contribution in [0.4, 0.5) is 9.18 Å². The fourth-order valence-corrected chi connectivity index (χ4v) is 5.42. The van der Waals surface area contributed by atoms with Crippen LogP contribution in [0.1, 0.15) is 36.7 Å². The monoisotopic (exact) mass is 578 g/mol. The van der Waals surface area contributed by atoms with E-state index in [9.17, 15) is 14.0 Å². The molecule has 9 nitrogen and oxygen atoms in total. The molecule has 0 saturated heterocycles. The van der Waals surface area contributed by atoms with Crippen molar-refractivity contribution in [1.29, 1.82) is 0 Å². The summed E-state index contributed by atoms with van der Waals surface area (Å²) in [5, 5.41) is 17.4. The number of ether oxygens (including phenoxy) is 3. The number of hydrogen-bond donors (Lipinski definition) is 2. The third kappa shape index (κ3) is 6.63. The van der Waals surface area contributed by atoms with Gasteiger partial charge in [-0.05, 0) is 68.5 Å². The predicted octanol–water partition coefficient (Wildman–Crippen LogP) is 5.37. The van der Waals surface area contributed by atoms with Crippen LogP contribution in [-0.2, 0) is 15.9 Å². The number of nitrogens with one attached hydrogen (secondary N) is 2. The first-order valence-electron chi connectivity index (χ1n) is 13.3. The van der Waals surface area contributed by atoms with Gasteiger partial charge in [-0.2, -0.15) is 0 Å². The van der Waals surface area contributed by atoms with Crippen molar-refractivity contribution in [3.8, 4) is 28.3 Å². The minimum atomic E-state index is -0.573. The minimum Gasteiger partial charge on any atom is -0.487 e. The zero-order chi connectivity index (χ0) is 29.0. The number of benzene rings is 2. The molecule has 0 radical (unpaired) electrons. The quantitative estimate of drug-likeness (QED) is 0.257. The topological polar surface area (TPSA) is 112 Å². The van der Waals surface area contributed by atoms with Crippen molar-refractivity contribution >= 4 is 33.4 Å². The molecule has 0 aliphatic carbocycles. The van der Waals surface area contributed by atoms with E-state index in [1.165, 1.54) is 17.4 Å². The third-order valence-corrected chi connectivity index (χ3v) is 7.22. The highest BCUT2D eigenvalue weighted by atomic mass is 32.1. The number of carbonyl (C=O) groups excluding carboxylic acids is 2. The van der Waals surface area contributed by atoms with Crippen LogP contribution in [0.2, 0.25) is 0 Å². The van der Waals surface area contributed by atoms with E-state index < -0.39 is 17.5 Å². The number of rotatable bonds is 9. The lowest BCUT2D eigenvalue weighted by atomic mass is 9.96. The van der Waals surface area contributed by atoms with Gasteiger partial charge >= 0.3 is 6.09 Å². The Morgan fingerprint density at radius 3 is 2.73 bits per heavy atom. The Morgan fingerprint density at radius 1 is 1.07 bits per heavy atom. The number of hydrogen-bond acceptors (Lipinski definition) is 8. The minimum absolute atomic E-state index is 0.0681. The lowest BCUT2D eigenvalue weighted by molar-refractivity contribution is 0.0488. The average Bonchev–Trinajstić information content (AvgIpc) is 3.42. The summed E-state index contributed by atoms with van der Waals surface area (Å²) in [6.45, 7) is 6.79. The Balaban J connectivity index is 1.29. The van der Waals surface area contributed by atoms with Crippen molar-refractivity contribution in [2.45, 2.75) is 32.8 Å². The zero-order valence-corrected chi connectivity index (χ0v) is 23.9. The maximum absolute atomic E-state index is 14.9. The molecule has 2 aromatic carbocycles. The van der Waals surface area contributed by atoms with Crippen molar-refractivity contribution in [2.75, 3.05) is 32.9 Å². The van der Waals surface area contributed by atoms with E-state index in [1.807, 2.05) is 29.6 Å². The van der Waals surface area contributed by atoms with Gasteiger partial charge < -0.3 is 24.8 Å². The van der Waals surface area contributed by atoms with Crippen LogP contribution in [0.25, 0.3) is 32.6 Å². The fourth-order valence-electron chi connectivity index (χ4n) is 4.53. The predicted molar refractivity (Wildman–Crippen MR) is 155 cm³/mol. The molecule has 2 N–H and O–H groups in total. The molecule has 0 atom stereocenters. The smallest absolute Gasteiger partial charge is 0.407 e. The lowest BCUT2D eigenvalue weighted by Gasteiger charge is -2.19. The van der Waals surface area contributed by atoms with Crippen LogP contribution in [-0.4, -0.2) is 60.7 Å². The second-order valence-electron chi connectivity index (χ2n) is 10.4. The molecule has 0 saturated carbocycles. The van der Waals surface area contributed by atoms with Gasteiger partial charge in [0.15, 0.2) is 11.6 Å². The van der Waals surface area contributed by atoms with Crippen molar-refractivity contribution < 1.29 is 28.2 Å². The van der Waals surface area contributed by atoms with Crippen molar-refractivity contribution in [3.05, 3.63) is 64.8 Å². The Kier molecular flexibility index (Phi) is 8.46. The number of nitrogens with zero attached hydrogens (tertiary/aromatic N) is 2. The van der Waals surface area contributed by atoms with Crippen LogP contribution in [0, 0.1) is 5.82 Å². The van der Waals surface area contributed by atoms with Gasteiger partial charge in [0, 0.05) is 35.2 Å². The molecule has 1 aliphatic rings. The highest BCUT2D eigenvalue weighted by Crippen LogP contribution is 2.40. The second-order valence-corrected chi connectivity index (χ2v) is 11.4. The number of aromatic nitrogens is 2. The van der Waals surface area contributed by atoms with E-state index in [0.717, 1.165) is 27.6 Å². The SMILES string of the molecule is CC(C)(C)OC(=O)NCCOCCOc1c(F)cccc1-c1nnc(-c2ccc3c(c2)CCNC3=O)c2ccsc12. The summed E-state index contributed by atoms with van der Waals surface area (Å²) >= 11 is 1.49. The number of para-hydroxylation sites is 1. The summed E-state index contributed by atoms with van der Waals surface area (Å²) in [7, 11) is 0. The number of amides is 2. The van der Waals surface area contributed by atoms with E-state index in [1.54, 1.807) is 32.9 Å². The molecule has 0 spiro atoms. The highest BCUT2D eigenvalue weighted by Gasteiger charge is 2.22. The first-order valence-corrected chi connectivity index (χ1v) is 14.2. The van der Waals surface area contributed by atoms with Crippen LogP contribution in [0.3, 0.4) is 0 Å². The molecule has 214 valence electrons. The van der Waals surface area contributed by atoms with E-state index in [-0.39, 0.29) is 38.0 Å². The number of fused-ring (bicyclic) bond motifs is 2. The maximum atomic E-state index is 14.9. The van der Waals surface area contributed by atoms with Gasteiger partial charge in [0.2, 0.25) is 0 Å². The van der Waals surface area contributed by atoms with Crippen LogP contribution < -0.4 is 15.4 Å². The Hall–Kier alpha value is -4.09. The summed E-state index contributed by atoms with van der Waals surface area (Å²) < 4.78 is 32.3. The van der Waals surface area contributed by atoms with Gasteiger partial charge in [0.05, 0.1) is 17.9 Å². The Labute approximate surface area is 241 Å². The molecule has 2 aromatic heterocycles. The van der Waals surface area contributed by atoms with E-state index >= 15 is 0 Å².